The summed E-state index contributed by atoms with van der Waals surface area (Å²) in [5.41, 5.74) is 2.52. The third-order valence-corrected chi connectivity index (χ3v) is 3.81. The maximum absolute atomic E-state index is 11.3. The van der Waals surface area contributed by atoms with Crippen molar-refractivity contribution < 1.29 is 14.6 Å². The zero-order valence-corrected chi connectivity index (χ0v) is 11.7. The number of benzene rings is 1. The molecule has 1 N–H and O–H groups in total. The summed E-state index contributed by atoms with van der Waals surface area (Å²) in [6.07, 6.45) is 0.632. The second kappa shape index (κ2) is 5.95. The number of aromatic carboxylic acids is 1. The molecular weight excluding hydrogens is 262 g/mol. The summed E-state index contributed by atoms with van der Waals surface area (Å²) in [6, 6.07) is 7.71. The highest BCUT2D eigenvalue weighted by Crippen LogP contribution is 2.28. The standard InChI is InChI=1S/C14H15NO3S/c1-9-3-5-10(6-4-9)12-13(14(16)17)19-11(15-12)7-8-18-2/h3-6H,7-8H2,1-2H3,(H,16,17). The van der Waals surface area contributed by atoms with Crippen LogP contribution in [0.2, 0.25) is 0 Å². The number of carbonyl (C=O) groups is 1. The number of hydrogen-bond acceptors (Lipinski definition) is 4. The van der Waals surface area contributed by atoms with Crippen LogP contribution in [0.4, 0.5) is 0 Å². The van der Waals surface area contributed by atoms with Crippen molar-refractivity contribution in [1.82, 2.24) is 4.98 Å². The van der Waals surface area contributed by atoms with Crippen LogP contribution in [0.1, 0.15) is 20.2 Å². The number of rotatable bonds is 5. The number of thiazole rings is 1. The Hall–Kier alpha value is -1.72. The molecule has 0 amide bonds. The smallest absolute Gasteiger partial charge is 0.348 e. The molecular formula is C14H15NO3S. The highest BCUT2D eigenvalue weighted by Gasteiger charge is 2.18. The molecule has 0 atom stereocenters. The van der Waals surface area contributed by atoms with E-state index in [1.807, 2.05) is 31.2 Å². The minimum atomic E-state index is -0.934. The summed E-state index contributed by atoms with van der Waals surface area (Å²) >= 11 is 1.22. The Kier molecular flexibility index (Phi) is 4.29. The van der Waals surface area contributed by atoms with Crippen LogP contribution < -0.4 is 0 Å². The largest absolute Gasteiger partial charge is 0.477 e. The Balaban J connectivity index is 2.39. The first-order valence-corrected chi connectivity index (χ1v) is 6.72. The summed E-state index contributed by atoms with van der Waals surface area (Å²) in [5, 5.41) is 10.0. The lowest BCUT2D eigenvalue weighted by Gasteiger charge is -1.99. The van der Waals surface area contributed by atoms with E-state index in [0.717, 1.165) is 16.1 Å². The predicted molar refractivity (Wildman–Crippen MR) is 74.8 cm³/mol. The van der Waals surface area contributed by atoms with Crippen molar-refractivity contribution >= 4 is 17.3 Å². The number of aromatic nitrogens is 1. The molecule has 0 bridgehead atoms. The van der Waals surface area contributed by atoms with E-state index in [4.69, 9.17) is 4.74 Å². The van der Waals surface area contributed by atoms with Gasteiger partial charge in [0.2, 0.25) is 0 Å². The minimum absolute atomic E-state index is 0.287. The summed E-state index contributed by atoms with van der Waals surface area (Å²) in [4.78, 5) is 16.0. The minimum Gasteiger partial charge on any atom is -0.477 e. The Bertz CT molecular complexity index is 575. The molecule has 0 aliphatic heterocycles. The first-order chi connectivity index (χ1) is 9.11. The van der Waals surface area contributed by atoms with Crippen molar-refractivity contribution in [2.75, 3.05) is 13.7 Å². The van der Waals surface area contributed by atoms with Gasteiger partial charge >= 0.3 is 5.97 Å². The van der Waals surface area contributed by atoms with Crippen molar-refractivity contribution in [2.24, 2.45) is 0 Å². The normalized spacial score (nSPS) is 10.6. The van der Waals surface area contributed by atoms with E-state index >= 15 is 0 Å². The van der Waals surface area contributed by atoms with Gasteiger partial charge in [-0.2, -0.15) is 0 Å². The van der Waals surface area contributed by atoms with Gasteiger partial charge in [0.1, 0.15) is 4.88 Å². The van der Waals surface area contributed by atoms with E-state index in [0.29, 0.717) is 18.7 Å². The van der Waals surface area contributed by atoms with E-state index in [2.05, 4.69) is 4.98 Å². The fourth-order valence-electron chi connectivity index (χ4n) is 1.71. The topological polar surface area (TPSA) is 59.4 Å². The van der Waals surface area contributed by atoms with Crippen LogP contribution >= 0.6 is 11.3 Å². The molecule has 0 radical (unpaired) electrons. The van der Waals surface area contributed by atoms with Gasteiger partial charge in [0.15, 0.2) is 0 Å². The number of aryl methyl sites for hydroxylation is 1. The number of nitrogens with zero attached hydrogens (tertiary/aromatic N) is 1. The van der Waals surface area contributed by atoms with Gasteiger partial charge in [-0.1, -0.05) is 29.8 Å². The van der Waals surface area contributed by atoms with Crippen LogP contribution in [0.5, 0.6) is 0 Å². The van der Waals surface area contributed by atoms with Crippen molar-refractivity contribution in [3.63, 3.8) is 0 Å². The Labute approximate surface area is 115 Å². The monoisotopic (exact) mass is 277 g/mol. The number of hydrogen-bond donors (Lipinski definition) is 1. The number of carboxylic acid groups (broad SMARTS) is 1. The van der Waals surface area contributed by atoms with Gasteiger partial charge in [-0.25, -0.2) is 9.78 Å². The zero-order chi connectivity index (χ0) is 13.8. The average Bonchev–Trinajstić information content (AvgIpc) is 2.81. The number of carboxylic acids is 1. The molecule has 4 nitrogen and oxygen atoms in total. The maximum Gasteiger partial charge on any atom is 0.348 e. The van der Waals surface area contributed by atoms with Crippen LogP contribution in [0, 0.1) is 6.92 Å². The summed E-state index contributed by atoms with van der Waals surface area (Å²) in [6.45, 7) is 2.53. The molecule has 0 saturated carbocycles. The van der Waals surface area contributed by atoms with Crippen molar-refractivity contribution in [3.8, 4) is 11.3 Å². The maximum atomic E-state index is 11.3. The van der Waals surface area contributed by atoms with Crippen LogP contribution in [0.25, 0.3) is 11.3 Å². The van der Waals surface area contributed by atoms with E-state index < -0.39 is 5.97 Å². The van der Waals surface area contributed by atoms with Crippen LogP contribution in [0.15, 0.2) is 24.3 Å². The highest BCUT2D eigenvalue weighted by molar-refractivity contribution is 7.14. The molecule has 5 heteroatoms. The van der Waals surface area contributed by atoms with Gasteiger partial charge in [0, 0.05) is 19.1 Å². The van der Waals surface area contributed by atoms with Gasteiger partial charge in [0.05, 0.1) is 17.3 Å². The third-order valence-electron chi connectivity index (χ3n) is 2.71. The molecule has 0 spiro atoms. The van der Waals surface area contributed by atoms with Gasteiger partial charge in [-0.3, -0.25) is 0 Å². The fraction of sp³-hybridized carbons (Fsp3) is 0.286. The molecule has 0 fully saturated rings. The lowest BCUT2D eigenvalue weighted by molar-refractivity contribution is 0.0702. The average molecular weight is 277 g/mol. The van der Waals surface area contributed by atoms with E-state index in [1.165, 1.54) is 11.3 Å². The van der Waals surface area contributed by atoms with Crippen molar-refractivity contribution in [2.45, 2.75) is 13.3 Å². The van der Waals surface area contributed by atoms with Gasteiger partial charge in [-0.05, 0) is 6.92 Å². The summed E-state index contributed by atoms with van der Waals surface area (Å²) in [5.74, 6) is -0.934. The fourth-order valence-corrected chi connectivity index (χ4v) is 2.62. The van der Waals surface area contributed by atoms with Crippen molar-refractivity contribution in [1.29, 1.82) is 0 Å². The Morgan fingerprint density at radius 2 is 2.05 bits per heavy atom. The molecule has 1 heterocycles. The SMILES string of the molecule is COCCc1nc(-c2ccc(C)cc2)c(C(=O)O)s1. The molecule has 1 aromatic carbocycles. The van der Waals surface area contributed by atoms with Crippen LogP contribution in [-0.2, 0) is 11.2 Å². The summed E-state index contributed by atoms with van der Waals surface area (Å²) in [7, 11) is 1.62. The Morgan fingerprint density at radius 3 is 2.63 bits per heavy atom. The van der Waals surface area contributed by atoms with E-state index in [9.17, 15) is 9.90 Å². The highest BCUT2D eigenvalue weighted by atomic mass is 32.1. The van der Waals surface area contributed by atoms with E-state index in [1.54, 1.807) is 7.11 Å². The van der Waals surface area contributed by atoms with Gasteiger partial charge in [0.25, 0.3) is 0 Å². The van der Waals surface area contributed by atoms with E-state index in [-0.39, 0.29) is 4.88 Å². The molecule has 100 valence electrons. The van der Waals surface area contributed by atoms with Crippen LogP contribution in [0.3, 0.4) is 0 Å². The van der Waals surface area contributed by atoms with Crippen LogP contribution in [-0.4, -0.2) is 29.8 Å². The second-order valence-corrected chi connectivity index (χ2v) is 5.28. The molecule has 0 unspecified atom stereocenters. The molecule has 0 aliphatic carbocycles. The lowest BCUT2D eigenvalue weighted by atomic mass is 10.1. The predicted octanol–water partition coefficient (Wildman–Crippen LogP) is 3.01. The summed E-state index contributed by atoms with van der Waals surface area (Å²) < 4.78 is 5.00. The third kappa shape index (κ3) is 3.19. The first-order valence-electron chi connectivity index (χ1n) is 5.91. The van der Waals surface area contributed by atoms with Gasteiger partial charge < -0.3 is 9.84 Å². The quantitative estimate of drug-likeness (QED) is 0.912. The first kappa shape index (κ1) is 13.7. The molecule has 0 aliphatic rings. The molecule has 2 rings (SSSR count). The van der Waals surface area contributed by atoms with Crippen molar-refractivity contribution in [3.05, 3.63) is 39.7 Å². The van der Waals surface area contributed by atoms with Gasteiger partial charge in [-0.15, -0.1) is 11.3 Å². The second-order valence-electron chi connectivity index (χ2n) is 4.20. The molecule has 0 saturated heterocycles. The molecule has 19 heavy (non-hydrogen) atoms. The zero-order valence-electron chi connectivity index (χ0n) is 10.8. The number of methoxy groups -OCH3 is 1. The molecule has 2 aromatic rings. The lowest BCUT2D eigenvalue weighted by Crippen LogP contribution is -1.95. The number of ether oxygens (including phenoxy) is 1. The molecule has 1 aromatic heterocycles. The Morgan fingerprint density at radius 1 is 1.37 bits per heavy atom.